The lowest BCUT2D eigenvalue weighted by atomic mass is 9.91. The van der Waals surface area contributed by atoms with Crippen molar-refractivity contribution >= 4 is 174 Å². The number of amides is 6. The number of carboxylic acids is 1. The number of carbonyl (C=O) groups is 9. The van der Waals surface area contributed by atoms with Crippen molar-refractivity contribution in [2.75, 3.05) is 26.3 Å². The zero-order valence-corrected chi connectivity index (χ0v) is 77.8. The number of fused-ring (bicyclic) bond motifs is 2. The van der Waals surface area contributed by atoms with E-state index in [1.807, 2.05) is 109 Å². The predicted molar refractivity (Wildman–Crippen MR) is 464 cm³/mol. The lowest BCUT2D eigenvalue weighted by Crippen LogP contribution is -2.61. The lowest BCUT2D eigenvalue weighted by Gasteiger charge is -2.40. The third kappa shape index (κ3) is 33.1. The minimum atomic E-state index is -2.32. The van der Waals surface area contributed by atoms with E-state index in [0.29, 0.717) is 55.7 Å². The summed E-state index contributed by atoms with van der Waals surface area (Å²) in [5.74, 6) is -6.78. The van der Waals surface area contributed by atoms with Gasteiger partial charge >= 0.3 is 17.9 Å². The maximum Gasteiger partial charge on any atom is 0.325 e. The van der Waals surface area contributed by atoms with Gasteiger partial charge in [-0.1, -0.05) is 220 Å². The number of carboxylic acid groups (broad SMARTS) is 1. The van der Waals surface area contributed by atoms with Gasteiger partial charge in [0.2, 0.25) is 31.2 Å². The number of halogens is 6. The molecule has 0 aliphatic carbocycles. The van der Waals surface area contributed by atoms with Crippen LogP contribution in [0.4, 0.5) is 0 Å². The molecule has 9 N–H and O–H groups in total. The van der Waals surface area contributed by atoms with Gasteiger partial charge in [0.25, 0.3) is 11.8 Å². The first kappa shape index (κ1) is 102. The van der Waals surface area contributed by atoms with Crippen LogP contribution in [0.25, 0.3) is 34.0 Å². The summed E-state index contributed by atoms with van der Waals surface area (Å²) in [5.41, 5.74) is 9.74. The standard InChI is InChI=1S/C38H56Cl3N5O7Si.C23H33NO4Si.C21H35Cl3N4O5/c1-22(2)32(34(49)42-23(3)35(50)46-19-11-12-30(45-46)36(51)52-21-38(39,40)41)44-33(48)28(25(5)53-54(9,10)37(6,7)8)17-14-26-13-15-27-16-18-29(24(4)47)43-31(27)20-26;1-15(25)20-13-11-18-10-8-17(14-21(18)24-20)9-12-19(22(26)27)16(2)28-29(6,7)23(3,4)5;1-12(2)16(26-15(29)10-20(4,5)6)17(30)25-13(3)18(31)28-9-7-8-14(27-28)19(32)33-11-21(22,23)24/h13-18,20,22-25,28,30,32,45,47H,11-12,19,21H2,1-10H3,(H,42,49)(H,44,48);8-16,19,25H,1-7H3,(H,26,27);12-14,16,27H,7-11H2,1-6H3,(H,25,30)(H,26,29)/b17-14+;12-9+;/t23-,24+,25-,28+,30-,32-;15-,16+,19-;13-,14-,16-/m010/s1. The second-order valence-electron chi connectivity index (χ2n) is 34.8. The van der Waals surface area contributed by atoms with E-state index in [4.69, 9.17) is 87.9 Å². The van der Waals surface area contributed by atoms with Crippen LogP contribution in [0.15, 0.2) is 72.8 Å². The van der Waals surface area contributed by atoms with Gasteiger partial charge < -0.3 is 54.9 Å². The zero-order chi connectivity index (χ0) is 88.3. The van der Waals surface area contributed by atoms with E-state index in [0.717, 1.165) is 27.4 Å². The molecule has 116 heavy (non-hydrogen) atoms. The number of esters is 2. The molecule has 0 spiro atoms. The maximum absolute atomic E-state index is 14.2. The number of hydrogen-bond acceptors (Lipinski definition) is 19. The van der Waals surface area contributed by atoms with Crippen molar-refractivity contribution < 1.29 is 76.8 Å². The van der Waals surface area contributed by atoms with Crippen LogP contribution in [-0.4, -0.2) is 188 Å². The number of rotatable bonds is 29. The molecule has 2 aliphatic heterocycles. The van der Waals surface area contributed by atoms with Gasteiger partial charge in [-0.25, -0.2) is 10.9 Å². The van der Waals surface area contributed by atoms with Crippen LogP contribution in [-0.2, 0) is 61.5 Å². The van der Waals surface area contributed by atoms with Crippen LogP contribution in [0.2, 0.25) is 36.3 Å². The number of hydrazine groups is 2. The first-order valence-corrected chi connectivity index (χ1v) is 47.2. The molecular formula is C82H124Cl6N10O16Si2. The minimum Gasteiger partial charge on any atom is -0.481 e. The molecule has 0 bridgehead atoms. The first-order valence-electron chi connectivity index (χ1n) is 39.2. The Morgan fingerprint density at radius 3 is 1.22 bits per heavy atom. The van der Waals surface area contributed by atoms with Gasteiger partial charge in [-0.2, -0.15) is 0 Å². The molecule has 2 aromatic heterocycles. The van der Waals surface area contributed by atoms with Crippen molar-refractivity contribution in [3.05, 3.63) is 95.3 Å². The highest BCUT2D eigenvalue weighted by atomic mass is 35.6. The molecule has 26 nitrogen and oxygen atoms in total. The largest absolute Gasteiger partial charge is 0.481 e. The fourth-order valence-corrected chi connectivity index (χ4v) is 14.9. The van der Waals surface area contributed by atoms with Crippen molar-refractivity contribution in [3.63, 3.8) is 0 Å². The summed E-state index contributed by atoms with van der Waals surface area (Å²) in [5, 5.41) is 45.0. The molecule has 0 radical (unpaired) electrons. The fraction of sp³-hybridized carbons (Fsp3) is 0.622. The van der Waals surface area contributed by atoms with Crippen molar-refractivity contribution in [1.82, 2.24) is 52.1 Å². The number of aliphatic carboxylic acids is 1. The van der Waals surface area contributed by atoms with Crippen LogP contribution in [0.1, 0.15) is 198 Å². The first-order chi connectivity index (χ1) is 53.2. The average molecular weight is 1770 g/mol. The topological polar surface area (TPSA) is 356 Å². The number of nitrogens with one attached hydrogen (secondary N) is 6. The van der Waals surface area contributed by atoms with Crippen molar-refractivity contribution in [1.29, 1.82) is 0 Å². The van der Waals surface area contributed by atoms with Gasteiger partial charge in [0.15, 0.2) is 16.6 Å². The predicted octanol–water partition coefficient (Wildman–Crippen LogP) is 14.3. The summed E-state index contributed by atoms with van der Waals surface area (Å²) < 4.78 is 19.5. The lowest BCUT2D eigenvalue weighted by molar-refractivity contribution is -0.154. The zero-order valence-electron chi connectivity index (χ0n) is 71.2. The van der Waals surface area contributed by atoms with Gasteiger partial charge in [0.05, 0.1) is 58.7 Å². The monoisotopic (exact) mass is 1770 g/mol. The molecule has 4 aromatic rings. The molecular weight excluding hydrogens is 1650 g/mol. The van der Waals surface area contributed by atoms with Gasteiger partial charge in [0.1, 0.15) is 49.5 Å². The summed E-state index contributed by atoms with van der Waals surface area (Å²) >= 11 is 33.9. The Kier molecular flexibility index (Phi) is 38.7. The Balaban J connectivity index is 0.000000392. The normalized spacial score (nSPS) is 18.1. The molecule has 0 saturated carbocycles. The van der Waals surface area contributed by atoms with E-state index in [-0.39, 0.29) is 39.7 Å². The number of aromatic nitrogens is 2. The number of carbonyl (C=O) groups excluding carboxylic acids is 8. The van der Waals surface area contributed by atoms with E-state index in [2.05, 4.69) is 110 Å². The van der Waals surface area contributed by atoms with E-state index < -0.39 is 157 Å². The molecule has 6 amide bonds. The van der Waals surface area contributed by atoms with Crippen molar-refractivity contribution in [2.45, 2.75) is 268 Å². The Labute approximate surface area is 716 Å². The smallest absolute Gasteiger partial charge is 0.325 e. The number of alkyl halides is 6. The van der Waals surface area contributed by atoms with Crippen LogP contribution >= 0.6 is 69.6 Å². The summed E-state index contributed by atoms with van der Waals surface area (Å²) in [7, 11) is -4.39. The number of ether oxygens (including phenoxy) is 2. The summed E-state index contributed by atoms with van der Waals surface area (Å²) in [6.45, 7) is 44.2. The molecule has 648 valence electrons. The summed E-state index contributed by atoms with van der Waals surface area (Å²) in [6, 6.07) is 13.7. The number of pyridine rings is 2. The fourth-order valence-electron chi connectivity index (χ4n) is 11.7. The minimum absolute atomic E-state index is 0.0135. The Bertz CT molecular complexity index is 4080. The highest BCUT2D eigenvalue weighted by molar-refractivity contribution is 6.74. The molecule has 2 saturated heterocycles. The van der Waals surface area contributed by atoms with Crippen molar-refractivity contribution in [3.8, 4) is 0 Å². The number of benzene rings is 2. The van der Waals surface area contributed by atoms with E-state index in [1.165, 1.54) is 16.9 Å². The van der Waals surface area contributed by atoms with Gasteiger partial charge in [-0.05, 0) is 156 Å². The molecule has 2 fully saturated rings. The third-order valence-electron chi connectivity index (χ3n) is 20.4. The van der Waals surface area contributed by atoms with Gasteiger partial charge in [-0.3, -0.25) is 63.1 Å². The Morgan fingerprint density at radius 2 is 0.879 bits per heavy atom. The molecule has 6 rings (SSSR count). The quantitative estimate of drug-likeness (QED) is 0.0138. The Morgan fingerprint density at radius 1 is 0.526 bits per heavy atom. The molecule has 34 heteroatoms. The number of hydrogen-bond donors (Lipinski definition) is 9. The molecule has 2 aromatic carbocycles. The van der Waals surface area contributed by atoms with E-state index in [9.17, 15) is 58.5 Å². The SMILES string of the molecule is CC(C)[C@H](NC(=O)CC(C)(C)C)C(=O)N[C@@H](C)C(=O)N1CCC[C@@H](C(=O)OCC(Cl)(Cl)Cl)N1.CC(C)[C@H](NC(=O)[C@H](/C=C/c1ccc2ccc([C@@H](C)O)nc2c1)[C@H](C)O[Si](C)(C)C(C)(C)C)C(=O)N[C@@H](C)C(=O)N1CCC[C@@H](C(=O)OCC(Cl)(Cl)Cl)N1.C[C@H](O[Si](C)(C)C(C)(C)C)[C@@H](/C=C/c1ccc2ccc([C@@H](C)O)nc2c1)C(=O)O. The summed E-state index contributed by atoms with van der Waals surface area (Å²) in [4.78, 5) is 125. The van der Waals surface area contributed by atoms with Crippen LogP contribution in [0.5, 0.6) is 0 Å². The van der Waals surface area contributed by atoms with Gasteiger partial charge in [0, 0.05) is 30.3 Å². The second-order valence-corrected chi connectivity index (χ2v) is 49.3. The highest BCUT2D eigenvalue weighted by Gasteiger charge is 2.44. The molecule has 2 aliphatic rings. The highest BCUT2D eigenvalue weighted by Crippen LogP contribution is 2.40. The maximum atomic E-state index is 14.2. The number of aliphatic hydroxyl groups excluding tert-OH is 2. The average Bonchev–Trinajstić information content (AvgIpc) is 0.828. The third-order valence-corrected chi connectivity index (χ3v) is 30.2. The molecule has 12 atom stereocenters. The molecule has 0 unspecified atom stereocenters. The number of nitrogens with zero attached hydrogens (tertiary/aromatic N) is 4. The molecule has 4 heterocycles. The van der Waals surface area contributed by atoms with E-state index >= 15 is 0 Å². The Hall–Kier alpha value is -6.10. The van der Waals surface area contributed by atoms with Crippen LogP contribution in [0.3, 0.4) is 0 Å². The summed E-state index contributed by atoms with van der Waals surface area (Å²) in [6.07, 6.45) is 6.96. The second kappa shape index (κ2) is 43.9. The van der Waals surface area contributed by atoms with Crippen molar-refractivity contribution in [2.24, 2.45) is 29.1 Å². The van der Waals surface area contributed by atoms with Gasteiger partial charge in [-0.15, -0.1) is 0 Å². The number of aliphatic hydroxyl groups is 2. The van der Waals surface area contributed by atoms with Crippen LogP contribution in [0, 0.1) is 29.1 Å². The van der Waals surface area contributed by atoms with E-state index in [1.54, 1.807) is 58.9 Å². The van der Waals surface area contributed by atoms with Crippen LogP contribution < -0.4 is 32.1 Å².